The van der Waals surface area contributed by atoms with Crippen molar-refractivity contribution in [2.45, 2.75) is 58.5 Å². The first-order valence-corrected chi connectivity index (χ1v) is 17.0. The molecular formula is C35H44BrClN2O4S. The summed E-state index contributed by atoms with van der Waals surface area (Å²) in [6, 6.07) is 23.8. The quantitative estimate of drug-likeness (QED) is 0.128. The summed E-state index contributed by atoms with van der Waals surface area (Å²) in [7, 11) is -3.32. The molecule has 0 aromatic heterocycles. The fourth-order valence-corrected chi connectivity index (χ4v) is 8.05. The average molecular weight is 704 g/mol. The van der Waals surface area contributed by atoms with E-state index in [1.807, 2.05) is 52.8 Å². The van der Waals surface area contributed by atoms with Gasteiger partial charge in [-0.2, -0.15) is 4.31 Å². The van der Waals surface area contributed by atoms with Crippen LogP contribution in [0.3, 0.4) is 0 Å². The minimum Gasteiger partial charge on any atom is -1.00 e. The van der Waals surface area contributed by atoms with E-state index in [1.165, 1.54) is 16.7 Å². The Hall–Kier alpha value is -2.30. The summed E-state index contributed by atoms with van der Waals surface area (Å²) in [6.07, 6.45) is 1.80. The second-order valence-corrected chi connectivity index (χ2v) is 14.1. The number of para-hydroxylation sites is 1. The Balaban J connectivity index is 0.00000442. The van der Waals surface area contributed by atoms with Gasteiger partial charge >= 0.3 is 0 Å². The van der Waals surface area contributed by atoms with E-state index in [2.05, 4.69) is 45.9 Å². The van der Waals surface area contributed by atoms with Gasteiger partial charge < -0.3 is 30.9 Å². The lowest BCUT2D eigenvalue weighted by molar-refractivity contribution is -0.938. The first kappa shape index (κ1) is 34.6. The predicted octanol–water partition coefficient (Wildman–Crippen LogP) is 6.21. The highest BCUT2D eigenvalue weighted by Crippen LogP contribution is 2.54. The van der Waals surface area contributed by atoms with Crippen LogP contribution in [-0.4, -0.2) is 50.9 Å². The number of rotatable bonds is 13. The molecular weight excluding hydrogens is 660 g/mol. The number of hydrogen-bond donors (Lipinski definition) is 2. The molecule has 1 aliphatic rings. The van der Waals surface area contributed by atoms with Gasteiger partial charge in [-0.15, -0.1) is 10.8 Å². The molecule has 44 heavy (non-hydrogen) atoms. The third kappa shape index (κ3) is 7.73. The molecule has 2 N–H and O–H groups in total. The van der Waals surface area contributed by atoms with E-state index < -0.39 is 10.8 Å². The number of quaternary nitrogens is 1. The standard InChI is InChI=1S/C35H43ClN2O4S.BrH/c1-5-38(6-2,24-28-20-26(3)19-27(4)21-28)18-8-7-17-37(23-30-12-10-14-34-35(30)42-25-41-34)43(39,40)31-15-16-32-29(22-31)11-9-13-33(32)36;/h9-16,19-22H,5-8,17-18,23-25H2,1-4H3,(H-,39,40);1H. The van der Waals surface area contributed by atoms with E-state index in [4.69, 9.17) is 21.1 Å². The molecule has 0 saturated heterocycles. The van der Waals surface area contributed by atoms with Gasteiger partial charge in [0.25, 0.3) is 0 Å². The number of aryl methyl sites for hydroxylation is 2. The van der Waals surface area contributed by atoms with E-state index in [9.17, 15) is 9.11 Å². The fraction of sp³-hybridized carbons (Fsp3) is 0.371. The second kappa shape index (κ2) is 14.9. The van der Waals surface area contributed by atoms with Crippen LogP contribution in [0.5, 0.6) is 11.5 Å². The Morgan fingerprint density at radius 1 is 0.886 bits per heavy atom. The van der Waals surface area contributed by atoms with Crippen LogP contribution in [0, 0.1) is 13.8 Å². The molecule has 0 radical (unpaired) electrons. The molecule has 0 spiro atoms. The number of ether oxygens (including phenoxy) is 2. The van der Waals surface area contributed by atoms with E-state index in [1.54, 1.807) is 6.07 Å². The van der Waals surface area contributed by atoms with E-state index >= 15 is 0 Å². The average Bonchev–Trinajstić information content (AvgIpc) is 3.47. The van der Waals surface area contributed by atoms with Gasteiger partial charge in [0.05, 0.1) is 24.5 Å². The number of nitrogens with zero attached hydrogens (tertiary/aromatic N) is 2. The smallest absolute Gasteiger partial charge is 0.231 e. The molecule has 0 bridgehead atoms. The van der Waals surface area contributed by atoms with Crippen LogP contribution in [-0.2, 0) is 13.1 Å². The molecule has 4 aromatic rings. The zero-order valence-electron chi connectivity index (χ0n) is 26.1. The molecule has 1 heterocycles. The minimum absolute atomic E-state index is 0. The normalized spacial score (nSPS) is 13.4. The van der Waals surface area contributed by atoms with Crippen molar-refractivity contribution in [1.29, 1.82) is 0 Å². The maximum Gasteiger partial charge on any atom is 0.231 e. The minimum atomic E-state index is -3.32. The zero-order chi connectivity index (χ0) is 30.6. The van der Waals surface area contributed by atoms with E-state index in [0.717, 1.165) is 59.8 Å². The first-order valence-electron chi connectivity index (χ1n) is 15.2. The predicted molar refractivity (Wildman–Crippen MR) is 178 cm³/mol. The van der Waals surface area contributed by atoms with Gasteiger partial charge in [0.15, 0.2) is 11.5 Å². The molecule has 5 rings (SSSR count). The van der Waals surface area contributed by atoms with Crippen LogP contribution in [0.15, 0.2) is 77.7 Å². The number of fused-ring (bicyclic) bond motifs is 2. The number of hydrogen-bond acceptors (Lipinski definition) is 5. The van der Waals surface area contributed by atoms with Crippen molar-refractivity contribution in [1.82, 2.24) is 4.31 Å². The summed E-state index contributed by atoms with van der Waals surface area (Å²) >= 11 is 6.40. The van der Waals surface area contributed by atoms with Crippen molar-refractivity contribution in [3.63, 3.8) is 0 Å². The van der Waals surface area contributed by atoms with Gasteiger partial charge in [-0.1, -0.05) is 71.3 Å². The molecule has 6 nitrogen and oxygen atoms in total. The maximum absolute atomic E-state index is 11.8. The summed E-state index contributed by atoms with van der Waals surface area (Å²) in [6.45, 7) is 14.0. The number of benzene rings is 4. The third-order valence-corrected chi connectivity index (χ3v) is 11.0. The van der Waals surface area contributed by atoms with Crippen LogP contribution >= 0.6 is 22.4 Å². The lowest BCUT2D eigenvalue weighted by Gasteiger charge is -2.43. The summed E-state index contributed by atoms with van der Waals surface area (Å²) < 4.78 is 37.9. The molecule has 9 heteroatoms. The monoisotopic (exact) mass is 702 g/mol. The highest BCUT2D eigenvalue weighted by molar-refractivity contribution is 8.22. The van der Waals surface area contributed by atoms with Crippen LogP contribution in [0.2, 0.25) is 5.02 Å². The highest BCUT2D eigenvalue weighted by atomic mass is 79.9. The van der Waals surface area contributed by atoms with Crippen LogP contribution < -0.4 is 26.5 Å². The fourth-order valence-electron chi connectivity index (χ4n) is 6.27. The van der Waals surface area contributed by atoms with Crippen LogP contribution in [0.4, 0.5) is 0 Å². The van der Waals surface area contributed by atoms with Crippen molar-refractivity contribution in [3.8, 4) is 11.5 Å². The number of halogens is 2. The zero-order valence-corrected chi connectivity index (χ0v) is 29.2. The molecule has 0 fully saturated rings. The first-order chi connectivity index (χ1) is 20.6. The molecule has 0 atom stereocenters. The number of unbranched alkanes of at least 4 members (excludes halogenated alkanes) is 1. The Kier molecular flexibility index (Phi) is 11.7. The highest BCUT2D eigenvalue weighted by Gasteiger charge is 2.29. The molecule has 1 aliphatic heterocycles. The SMILES string of the molecule is CC[N+](CC)(CCCCN(Cc1cccc2c1OCO2)S(O)(O)c1ccc2c(Cl)cccc2c1)Cc1cc(C)cc(C)c1.[Br-]. The van der Waals surface area contributed by atoms with Gasteiger partial charge in [0.1, 0.15) is 6.54 Å². The summed E-state index contributed by atoms with van der Waals surface area (Å²) in [5.41, 5.74) is 4.87. The van der Waals surface area contributed by atoms with Crippen LogP contribution in [0.1, 0.15) is 48.9 Å². The molecule has 0 unspecified atom stereocenters. The van der Waals surface area contributed by atoms with Crippen molar-refractivity contribution in [3.05, 3.63) is 100 Å². The maximum atomic E-state index is 11.8. The second-order valence-electron chi connectivity index (χ2n) is 11.7. The molecule has 238 valence electrons. The largest absolute Gasteiger partial charge is 1.00 e. The lowest BCUT2D eigenvalue weighted by atomic mass is 10.1. The summed E-state index contributed by atoms with van der Waals surface area (Å²) in [4.78, 5) is 0.481. The Labute approximate surface area is 279 Å². The molecule has 0 saturated carbocycles. The molecule has 0 aliphatic carbocycles. The Morgan fingerprint density at radius 2 is 1.61 bits per heavy atom. The molecule has 0 amide bonds. The van der Waals surface area contributed by atoms with Crippen molar-refractivity contribution in [2.75, 3.05) is 33.0 Å². The van der Waals surface area contributed by atoms with Gasteiger partial charge in [-0.05, 0) is 70.2 Å². The van der Waals surface area contributed by atoms with Gasteiger partial charge in [-0.3, -0.25) is 9.11 Å². The third-order valence-electron chi connectivity index (χ3n) is 8.73. The van der Waals surface area contributed by atoms with E-state index in [0.29, 0.717) is 34.5 Å². The van der Waals surface area contributed by atoms with Crippen molar-refractivity contribution >= 4 is 33.1 Å². The van der Waals surface area contributed by atoms with Gasteiger partial charge in [0, 0.05) is 34.6 Å². The lowest BCUT2D eigenvalue weighted by Crippen LogP contribution is -3.00. The van der Waals surface area contributed by atoms with Crippen molar-refractivity contribution < 1.29 is 40.0 Å². The Morgan fingerprint density at radius 3 is 2.34 bits per heavy atom. The Bertz CT molecular complexity index is 1560. The summed E-state index contributed by atoms with van der Waals surface area (Å²) in [5, 5.41) is 2.41. The van der Waals surface area contributed by atoms with E-state index in [-0.39, 0.29) is 23.8 Å². The van der Waals surface area contributed by atoms with Crippen LogP contribution in [0.25, 0.3) is 10.8 Å². The van der Waals surface area contributed by atoms with Gasteiger partial charge in [-0.25, -0.2) is 0 Å². The molecule has 4 aromatic carbocycles. The van der Waals surface area contributed by atoms with Gasteiger partial charge in [0.2, 0.25) is 6.79 Å². The van der Waals surface area contributed by atoms with Crippen molar-refractivity contribution in [2.24, 2.45) is 0 Å². The summed E-state index contributed by atoms with van der Waals surface area (Å²) in [5.74, 6) is 1.36. The topological polar surface area (TPSA) is 62.2 Å².